The summed E-state index contributed by atoms with van der Waals surface area (Å²) < 4.78 is 31.6. The normalized spacial score (nSPS) is 18.4. The smallest absolute Gasteiger partial charge is 0.243 e. The number of nitrogen functional groups attached to an aromatic ring is 1. The van der Waals surface area contributed by atoms with E-state index in [1.165, 1.54) is 4.31 Å². The Labute approximate surface area is 113 Å². The fourth-order valence-electron chi connectivity index (χ4n) is 2.18. The Morgan fingerprint density at radius 1 is 1.26 bits per heavy atom. The zero-order valence-electron chi connectivity index (χ0n) is 10.9. The fourth-order valence-corrected chi connectivity index (χ4v) is 3.65. The van der Waals surface area contributed by atoms with Gasteiger partial charge in [-0.05, 0) is 37.1 Å². The molecule has 6 nitrogen and oxygen atoms in total. The van der Waals surface area contributed by atoms with Gasteiger partial charge in [0.05, 0.1) is 11.0 Å². The van der Waals surface area contributed by atoms with Crippen LogP contribution in [0.15, 0.2) is 29.2 Å². The molecule has 3 N–H and O–H groups in total. The molecule has 1 heterocycles. The molecule has 0 amide bonds. The minimum Gasteiger partial charge on any atom is -0.381 e. The number of piperidine rings is 1. The zero-order valence-corrected chi connectivity index (χ0v) is 11.7. The Bertz CT molecular complexity index is 508. The molecular formula is C12H19N3O3S. The average molecular weight is 285 g/mol. The standard InChI is InChI=1S/C12H19N3O3S/c1-18-11-6-8-15(9-7-11)19(16,17)12-4-2-10(14-13)3-5-12/h2-5,11,14H,6-9,13H2,1H3. The predicted octanol–water partition coefficient (Wildman–Crippen LogP) is 0.772. The minimum absolute atomic E-state index is 0.162. The van der Waals surface area contributed by atoms with Gasteiger partial charge in [0.1, 0.15) is 0 Å². The van der Waals surface area contributed by atoms with Crippen LogP contribution in [0.5, 0.6) is 0 Å². The van der Waals surface area contributed by atoms with E-state index in [1.54, 1.807) is 31.4 Å². The van der Waals surface area contributed by atoms with E-state index in [0.29, 0.717) is 23.7 Å². The number of methoxy groups -OCH3 is 1. The summed E-state index contributed by atoms with van der Waals surface area (Å²) in [6.45, 7) is 0.995. The molecule has 1 fully saturated rings. The molecule has 0 atom stereocenters. The highest BCUT2D eigenvalue weighted by atomic mass is 32.2. The molecule has 1 aliphatic heterocycles. The van der Waals surface area contributed by atoms with E-state index in [4.69, 9.17) is 10.6 Å². The second-order valence-corrected chi connectivity index (χ2v) is 6.45. The minimum atomic E-state index is -3.41. The number of hydrazine groups is 1. The van der Waals surface area contributed by atoms with Crippen molar-refractivity contribution in [2.24, 2.45) is 5.84 Å². The third-order valence-corrected chi connectivity index (χ3v) is 5.31. The number of hydrogen-bond donors (Lipinski definition) is 2. The number of anilines is 1. The van der Waals surface area contributed by atoms with Crippen molar-refractivity contribution in [2.45, 2.75) is 23.8 Å². The van der Waals surface area contributed by atoms with Gasteiger partial charge < -0.3 is 10.2 Å². The molecule has 19 heavy (non-hydrogen) atoms. The maximum Gasteiger partial charge on any atom is 0.243 e. The van der Waals surface area contributed by atoms with Gasteiger partial charge in [-0.3, -0.25) is 5.84 Å². The van der Waals surface area contributed by atoms with Gasteiger partial charge in [0, 0.05) is 25.9 Å². The third-order valence-electron chi connectivity index (χ3n) is 3.39. The summed E-state index contributed by atoms with van der Waals surface area (Å²) in [5.41, 5.74) is 3.15. The molecule has 0 unspecified atom stereocenters. The van der Waals surface area contributed by atoms with Crippen molar-refractivity contribution in [2.75, 3.05) is 25.6 Å². The van der Waals surface area contributed by atoms with E-state index < -0.39 is 10.0 Å². The Balaban J connectivity index is 2.13. The van der Waals surface area contributed by atoms with Crippen molar-refractivity contribution >= 4 is 15.7 Å². The van der Waals surface area contributed by atoms with Crippen molar-refractivity contribution in [1.82, 2.24) is 4.31 Å². The van der Waals surface area contributed by atoms with E-state index >= 15 is 0 Å². The molecule has 1 saturated heterocycles. The van der Waals surface area contributed by atoms with E-state index in [2.05, 4.69) is 5.43 Å². The van der Waals surface area contributed by atoms with Gasteiger partial charge in [0.2, 0.25) is 10.0 Å². The average Bonchev–Trinajstić information content (AvgIpc) is 2.47. The Hall–Kier alpha value is -1.15. The van der Waals surface area contributed by atoms with Gasteiger partial charge in [-0.1, -0.05) is 0 Å². The van der Waals surface area contributed by atoms with E-state index in [-0.39, 0.29) is 6.10 Å². The van der Waals surface area contributed by atoms with Crippen LogP contribution >= 0.6 is 0 Å². The summed E-state index contributed by atoms with van der Waals surface area (Å²) in [5.74, 6) is 5.26. The van der Waals surface area contributed by atoms with Gasteiger partial charge in [0.15, 0.2) is 0 Å². The van der Waals surface area contributed by atoms with Crippen LogP contribution in [0.3, 0.4) is 0 Å². The largest absolute Gasteiger partial charge is 0.381 e. The number of nitrogens with one attached hydrogen (secondary N) is 1. The van der Waals surface area contributed by atoms with Gasteiger partial charge in [-0.15, -0.1) is 0 Å². The Morgan fingerprint density at radius 2 is 1.84 bits per heavy atom. The SMILES string of the molecule is COC1CCN(S(=O)(=O)c2ccc(NN)cc2)CC1. The molecule has 0 spiro atoms. The molecule has 0 aliphatic carbocycles. The van der Waals surface area contributed by atoms with Crippen molar-refractivity contribution in [1.29, 1.82) is 0 Å². The van der Waals surface area contributed by atoms with Crippen LogP contribution in [0, 0.1) is 0 Å². The molecule has 0 radical (unpaired) electrons. The van der Waals surface area contributed by atoms with Crippen LogP contribution in [0.1, 0.15) is 12.8 Å². The quantitative estimate of drug-likeness (QED) is 0.630. The van der Waals surface area contributed by atoms with E-state index in [0.717, 1.165) is 12.8 Å². The molecule has 0 saturated carbocycles. The van der Waals surface area contributed by atoms with Gasteiger partial charge in [0.25, 0.3) is 0 Å². The maximum atomic E-state index is 12.4. The van der Waals surface area contributed by atoms with Crippen molar-refractivity contribution < 1.29 is 13.2 Å². The first kappa shape index (κ1) is 14.3. The van der Waals surface area contributed by atoms with Crippen molar-refractivity contribution in [3.63, 3.8) is 0 Å². The molecule has 1 aliphatic rings. The number of rotatable bonds is 4. The maximum absolute atomic E-state index is 12.4. The number of hydrogen-bond acceptors (Lipinski definition) is 5. The lowest BCUT2D eigenvalue weighted by Crippen LogP contribution is -2.40. The Morgan fingerprint density at radius 3 is 2.32 bits per heavy atom. The summed E-state index contributed by atoms with van der Waals surface area (Å²) in [6, 6.07) is 6.42. The van der Waals surface area contributed by atoms with Crippen LogP contribution in [-0.4, -0.2) is 39.0 Å². The summed E-state index contributed by atoms with van der Waals surface area (Å²) >= 11 is 0. The predicted molar refractivity (Wildman–Crippen MR) is 73.0 cm³/mol. The third kappa shape index (κ3) is 3.06. The second-order valence-electron chi connectivity index (χ2n) is 4.51. The Kier molecular flexibility index (Phi) is 4.41. The lowest BCUT2D eigenvalue weighted by molar-refractivity contribution is 0.0604. The summed E-state index contributed by atoms with van der Waals surface area (Å²) in [6.07, 6.45) is 1.63. The monoisotopic (exact) mass is 285 g/mol. The second kappa shape index (κ2) is 5.87. The first-order valence-electron chi connectivity index (χ1n) is 6.17. The van der Waals surface area contributed by atoms with Crippen molar-refractivity contribution in [3.8, 4) is 0 Å². The van der Waals surface area contributed by atoms with Crippen LogP contribution in [0.2, 0.25) is 0 Å². The lowest BCUT2D eigenvalue weighted by Gasteiger charge is -2.30. The molecule has 0 aromatic heterocycles. The number of sulfonamides is 1. The fraction of sp³-hybridized carbons (Fsp3) is 0.500. The first-order chi connectivity index (χ1) is 9.07. The molecule has 2 rings (SSSR count). The number of nitrogens with zero attached hydrogens (tertiary/aromatic N) is 1. The zero-order chi connectivity index (χ0) is 13.9. The van der Waals surface area contributed by atoms with E-state index in [9.17, 15) is 8.42 Å². The lowest BCUT2D eigenvalue weighted by atomic mass is 10.1. The first-order valence-corrected chi connectivity index (χ1v) is 7.61. The summed E-state index contributed by atoms with van der Waals surface area (Å²) in [4.78, 5) is 0.294. The van der Waals surface area contributed by atoms with Crippen LogP contribution in [0.4, 0.5) is 5.69 Å². The molecule has 106 valence electrons. The number of benzene rings is 1. The molecule has 0 bridgehead atoms. The number of ether oxygens (including phenoxy) is 1. The van der Waals surface area contributed by atoms with Gasteiger partial charge in [-0.25, -0.2) is 8.42 Å². The van der Waals surface area contributed by atoms with E-state index in [1.807, 2.05) is 0 Å². The van der Waals surface area contributed by atoms with Crippen LogP contribution in [0.25, 0.3) is 0 Å². The highest BCUT2D eigenvalue weighted by molar-refractivity contribution is 7.89. The van der Waals surface area contributed by atoms with Gasteiger partial charge in [-0.2, -0.15) is 4.31 Å². The molecule has 1 aromatic rings. The van der Waals surface area contributed by atoms with Crippen LogP contribution in [-0.2, 0) is 14.8 Å². The highest BCUT2D eigenvalue weighted by Crippen LogP contribution is 2.22. The molecular weight excluding hydrogens is 266 g/mol. The van der Waals surface area contributed by atoms with Gasteiger partial charge >= 0.3 is 0 Å². The van der Waals surface area contributed by atoms with Crippen molar-refractivity contribution in [3.05, 3.63) is 24.3 Å². The topological polar surface area (TPSA) is 84.7 Å². The highest BCUT2D eigenvalue weighted by Gasteiger charge is 2.29. The molecule has 7 heteroatoms. The summed E-state index contributed by atoms with van der Waals surface area (Å²) in [7, 11) is -1.75. The molecule has 1 aromatic carbocycles. The number of nitrogens with two attached hydrogens (primary N) is 1. The van der Waals surface area contributed by atoms with Crippen LogP contribution < -0.4 is 11.3 Å². The summed E-state index contributed by atoms with van der Waals surface area (Å²) in [5, 5.41) is 0.